The third kappa shape index (κ3) is 5.45. The third-order valence-corrected chi connectivity index (χ3v) is 4.84. The predicted molar refractivity (Wildman–Crippen MR) is 91.4 cm³/mol. The minimum Gasteiger partial charge on any atom is -0.359 e. The monoisotopic (exact) mass is 371 g/mol. The zero-order valence-electron chi connectivity index (χ0n) is 14.9. The lowest BCUT2D eigenvalue weighted by Crippen LogP contribution is -2.42. The van der Waals surface area contributed by atoms with Crippen LogP contribution in [0.15, 0.2) is 24.3 Å². The van der Waals surface area contributed by atoms with E-state index in [0.717, 1.165) is 25.0 Å². The van der Waals surface area contributed by atoms with Crippen molar-refractivity contribution >= 4 is 11.8 Å². The average molecular weight is 371 g/mol. The Hall–Kier alpha value is -2.09. The van der Waals surface area contributed by atoms with E-state index in [9.17, 15) is 22.8 Å². The van der Waals surface area contributed by atoms with Crippen LogP contribution in [-0.4, -0.2) is 49.4 Å². The molecular weight excluding hydrogens is 347 g/mol. The van der Waals surface area contributed by atoms with E-state index in [1.807, 2.05) is 7.05 Å². The van der Waals surface area contributed by atoms with Crippen molar-refractivity contribution in [1.82, 2.24) is 15.5 Å². The molecule has 1 aromatic rings. The second kappa shape index (κ2) is 8.53. The quantitative estimate of drug-likeness (QED) is 0.804. The molecule has 2 atom stereocenters. The molecule has 2 N–H and O–H groups in total. The number of likely N-dealkylation sites (N-methyl/N-ethyl adjacent to an activating group) is 1. The number of likely N-dealkylation sites (tertiary alicyclic amines) is 1. The highest BCUT2D eigenvalue weighted by atomic mass is 19.4. The number of carbonyl (C=O) groups is 2. The van der Waals surface area contributed by atoms with Gasteiger partial charge in [0.25, 0.3) is 0 Å². The Morgan fingerprint density at radius 3 is 2.54 bits per heavy atom. The van der Waals surface area contributed by atoms with E-state index in [1.54, 1.807) is 7.05 Å². The Morgan fingerprint density at radius 2 is 1.88 bits per heavy atom. The number of benzene rings is 1. The highest BCUT2D eigenvalue weighted by molar-refractivity contribution is 5.78. The number of carbonyl (C=O) groups excluding carboxylic acids is 2. The number of rotatable bonds is 6. The van der Waals surface area contributed by atoms with Crippen LogP contribution in [0, 0.1) is 0 Å². The summed E-state index contributed by atoms with van der Waals surface area (Å²) in [4.78, 5) is 25.7. The van der Waals surface area contributed by atoms with Crippen molar-refractivity contribution in [3.63, 3.8) is 0 Å². The van der Waals surface area contributed by atoms with E-state index < -0.39 is 11.7 Å². The van der Waals surface area contributed by atoms with E-state index in [-0.39, 0.29) is 30.3 Å². The van der Waals surface area contributed by atoms with Gasteiger partial charge in [-0.1, -0.05) is 18.2 Å². The van der Waals surface area contributed by atoms with Gasteiger partial charge in [0, 0.05) is 32.1 Å². The van der Waals surface area contributed by atoms with E-state index in [0.29, 0.717) is 18.5 Å². The number of hydrogen-bond donors (Lipinski definition) is 2. The standard InChI is InChI=1S/C18H24F3N3O2/c1-22-16(25)10-14-6-7-15(24(14)2)11-23-17(26)9-12-4-3-5-13(8-12)18(19,20)21/h3-5,8,14-15H,6-7,9-11H2,1-2H3,(H,22,25)(H,23,26)/t14-,15+/m1/s1. The van der Waals surface area contributed by atoms with Gasteiger partial charge in [-0.05, 0) is 31.5 Å². The van der Waals surface area contributed by atoms with Gasteiger partial charge in [-0.25, -0.2) is 0 Å². The smallest absolute Gasteiger partial charge is 0.359 e. The van der Waals surface area contributed by atoms with E-state index in [2.05, 4.69) is 15.5 Å². The number of amides is 2. The minimum atomic E-state index is -4.42. The topological polar surface area (TPSA) is 61.4 Å². The van der Waals surface area contributed by atoms with Crippen molar-refractivity contribution in [2.75, 3.05) is 20.6 Å². The first-order valence-corrected chi connectivity index (χ1v) is 8.56. The molecule has 0 bridgehead atoms. The van der Waals surface area contributed by atoms with Gasteiger partial charge in [-0.3, -0.25) is 14.5 Å². The van der Waals surface area contributed by atoms with Crippen LogP contribution in [-0.2, 0) is 22.2 Å². The summed E-state index contributed by atoms with van der Waals surface area (Å²) in [6, 6.07) is 5.06. The average Bonchev–Trinajstić information content (AvgIpc) is 2.92. The van der Waals surface area contributed by atoms with Crippen LogP contribution < -0.4 is 10.6 Å². The van der Waals surface area contributed by atoms with Gasteiger partial charge in [0.1, 0.15) is 0 Å². The van der Waals surface area contributed by atoms with Gasteiger partial charge < -0.3 is 10.6 Å². The fourth-order valence-electron chi connectivity index (χ4n) is 3.24. The Kier molecular flexibility index (Phi) is 6.63. The molecule has 1 saturated heterocycles. The molecule has 1 aliphatic rings. The maximum Gasteiger partial charge on any atom is 0.416 e. The fraction of sp³-hybridized carbons (Fsp3) is 0.556. The van der Waals surface area contributed by atoms with Crippen molar-refractivity contribution in [1.29, 1.82) is 0 Å². The molecule has 5 nitrogen and oxygen atoms in total. The van der Waals surface area contributed by atoms with Crippen LogP contribution in [0.3, 0.4) is 0 Å². The largest absolute Gasteiger partial charge is 0.416 e. The highest BCUT2D eigenvalue weighted by Crippen LogP contribution is 2.29. The second-order valence-electron chi connectivity index (χ2n) is 6.61. The van der Waals surface area contributed by atoms with Crippen molar-refractivity contribution in [2.24, 2.45) is 0 Å². The summed E-state index contributed by atoms with van der Waals surface area (Å²) < 4.78 is 38.2. The summed E-state index contributed by atoms with van der Waals surface area (Å²) >= 11 is 0. The molecule has 26 heavy (non-hydrogen) atoms. The molecule has 1 fully saturated rings. The van der Waals surface area contributed by atoms with Gasteiger partial charge in [0.2, 0.25) is 11.8 Å². The SMILES string of the molecule is CNC(=O)C[C@H]1CC[C@@H](CNC(=O)Cc2cccc(C(F)(F)F)c2)N1C. The molecule has 0 unspecified atom stereocenters. The van der Waals surface area contributed by atoms with Crippen molar-refractivity contribution < 1.29 is 22.8 Å². The molecule has 1 aromatic carbocycles. The van der Waals surface area contributed by atoms with Crippen molar-refractivity contribution in [3.05, 3.63) is 35.4 Å². The van der Waals surface area contributed by atoms with Gasteiger partial charge in [0.15, 0.2) is 0 Å². The predicted octanol–water partition coefficient (Wildman–Crippen LogP) is 1.96. The molecule has 1 heterocycles. The van der Waals surface area contributed by atoms with Crippen molar-refractivity contribution in [2.45, 2.75) is 43.9 Å². The highest BCUT2D eigenvalue weighted by Gasteiger charge is 2.32. The van der Waals surface area contributed by atoms with E-state index >= 15 is 0 Å². The van der Waals surface area contributed by atoms with Crippen LogP contribution in [0.2, 0.25) is 0 Å². The lowest BCUT2D eigenvalue weighted by atomic mass is 10.1. The lowest BCUT2D eigenvalue weighted by molar-refractivity contribution is -0.137. The normalized spacial score (nSPS) is 20.8. The maximum atomic E-state index is 12.7. The molecule has 0 radical (unpaired) electrons. The van der Waals surface area contributed by atoms with Crippen LogP contribution in [0.1, 0.15) is 30.4 Å². The van der Waals surface area contributed by atoms with Gasteiger partial charge in [-0.2, -0.15) is 13.2 Å². The molecule has 0 aromatic heterocycles. The summed E-state index contributed by atoms with van der Waals surface area (Å²) in [5.41, 5.74) is -0.426. The van der Waals surface area contributed by atoms with Crippen molar-refractivity contribution in [3.8, 4) is 0 Å². The molecule has 8 heteroatoms. The van der Waals surface area contributed by atoms with Gasteiger partial charge >= 0.3 is 6.18 Å². The molecule has 2 rings (SSSR count). The zero-order chi connectivity index (χ0) is 19.3. The summed E-state index contributed by atoms with van der Waals surface area (Å²) in [6.07, 6.45) is -2.36. The molecule has 0 spiro atoms. The summed E-state index contributed by atoms with van der Waals surface area (Å²) in [6.45, 7) is 0.415. The number of nitrogens with zero attached hydrogens (tertiary/aromatic N) is 1. The Bertz CT molecular complexity index is 649. The molecule has 0 saturated carbocycles. The maximum absolute atomic E-state index is 12.7. The summed E-state index contributed by atoms with van der Waals surface area (Å²) in [5, 5.41) is 5.39. The molecule has 0 aliphatic carbocycles. The first-order chi connectivity index (χ1) is 12.2. The van der Waals surface area contributed by atoms with E-state index in [1.165, 1.54) is 12.1 Å². The first kappa shape index (κ1) is 20.2. The second-order valence-corrected chi connectivity index (χ2v) is 6.61. The van der Waals surface area contributed by atoms with Crippen LogP contribution in [0.25, 0.3) is 0 Å². The Labute approximate surface area is 150 Å². The summed E-state index contributed by atoms with van der Waals surface area (Å²) in [7, 11) is 3.52. The number of nitrogens with one attached hydrogen (secondary N) is 2. The Morgan fingerprint density at radius 1 is 1.19 bits per heavy atom. The van der Waals surface area contributed by atoms with Gasteiger partial charge in [-0.15, -0.1) is 0 Å². The van der Waals surface area contributed by atoms with Crippen LogP contribution in [0.4, 0.5) is 13.2 Å². The van der Waals surface area contributed by atoms with Gasteiger partial charge in [0.05, 0.1) is 12.0 Å². The zero-order valence-corrected chi connectivity index (χ0v) is 14.9. The molecule has 144 valence electrons. The summed E-state index contributed by atoms with van der Waals surface area (Å²) in [5.74, 6) is -0.330. The van der Waals surface area contributed by atoms with E-state index in [4.69, 9.17) is 0 Å². The number of halogens is 3. The Balaban J connectivity index is 1.83. The number of hydrogen-bond acceptors (Lipinski definition) is 3. The molecule has 1 aliphatic heterocycles. The van der Waals surface area contributed by atoms with Crippen LogP contribution in [0.5, 0.6) is 0 Å². The molecule has 2 amide bonds. The number of alkyl halides is 3. The molecular formula is C18H24F3N3O2. The van der Waals surface area contributed by atoms with Crippen LogP contribution >= 0.6 is 0 Å². The first-order valence-electron chi connectivity index (χ1n) is 8.56. The lowest BCUT2D eigenvalue weighted by Gasteiger charge is -2.25. The minimum absolute atomic E-state index is 0.0175. The third-order valence-electron chi connectivity index (χ3n) is 4.84. The fourth-order valence-corrected chi connectivity index (χ4v) is 3.24.